The van der Waals surface area contributed by atoms with Crippen LogP contribution in [0.2, 0.25) is 0 Å². The van der Waals surface area contributed by atoms with Gasteiger partial charge in [0.05, 0.1) is 23.8 Å². The molecule has 0 aliphatic carbocycles. The van der Waals surface area contributed by atoms with Crippen molar-refractivity contribution in [3.8, 4) is 0 Å². The zero-order valence-corrected chi connectivity index (χ0v) is 12.9. The summed E-state index contributed by atoms with van der Waals surface area (Å²) in [6, 6.07) is 11.0. The van der Waals surface area contributed by atoms with E-state index >= 15 is 0 Å². The lowest BCUT2D eigenvalue weighted by Crippen LogP contribution is -2.28. The number of carbonyl (C=O) groups is 2. The zero-order valence-electron chi connectivity index (χ0n) is 12.1. The zero-order chi connectivity index (χ0) is 16.1. The van der Waals surface area contributed by atoms with E-state index in [0.717, 1.165) is 4.88 Å². The van der Waals surface area contributed by atoms with Crippen molar-refractivity contribution >= 4 is 34.2 Å². The number of para-hydroxylation sites is 2. The van der Waals surface area contributed by atoms with E-state index in [1.165, 1.54) is 6.20 Å². The van der Waals surface area contributed by atoms with Crippen LogP contribution >= 0.6 is 11.3 Å². The van der Waals surface area contributed by atoms with E-state index in [9.17, 15) is 9.59 Å². The second-order valence-electron chi connectivity index (χ2n) is 4.68. The third-order valence-electron chi connectivity index (χ3n) is 3.03. The Morgan fingerprint density at radius 2 is 1.96 bits per heavy atom. The summed E-state index contributed by atoms with van der Waals surface area (Å²) >= 11 is 1.55. The van der Waals surface area contributed by atoms with Crippen LogP contribution in [0.1, 0.15) is 15.4 Å². The Morgan fingerprint density at radius 1 is 1.13 bits per heavy atom. The van der Waals surface area contributed by atoms with Gasteiger partial charge in [0, 0.05) is 4.88 Å². The Balaban J connectivity index is 1.54. The van der Waals surface area contributed by atoms with Crippen molar-refractivity contribution in [2.75, 3.05) is 6.61 Å². The van der Waals surface area contributed by atoms with E-state index in [0.29, 0.717) is 17.6 Å². The number of rotatable bonds is 5. The van der Waals surface area contributed by atoms with Gasteiger partial charge in [-0.05, 0) is 23.6 Å². The van der Waals surface area contributed by atoms with Gasteiger partial charge in [-0.25, -0.2) is 9.78 Å². The fourth-order valence-electron chi connectivity index (χ4n) is 1.91. The molecule has 0 saturated carbocycles. The van der Waals surface area contributed by atoms with E-state index < -0.39 is 5.97 Å². The monoisotopic (exact) mass is 327 g/mol. The van der Waals surface area contributed by atoms with Crippen LogP contribution in [0, 0.1) is 0 Å². The number of nitrogens with one attached hydrogen (secondary N) is 1. The molecule has 2 aromatic heterocycles. The van der Waals surface area contributed by atoms with Crippen LogP contribution in [0.3, 0.4) is 0 Å². The first-order chi connectivity index (χ1) is 11.2. The molecule has 1 amide bonds. The first-order valence-electron chi connectivity index (χ1n) is 6.90. The lowest BCUT2D eigenvalue weighted by Gasteiger charge is -2.05. The van der Waals surface area contributed by atoms with Crippen LogP contribution < -0.4 is 5.32 Å². The molecule has 7 heteroatoms. The van der Waals surface area contributed by atoms with Crippen molar-refractivity contribution in [2.45, 2.75) is 6.54 Å². The number of carbonyl (C=O) groups excluding carboxylic acids is 2. The van der Waals surface area contributed by atoms with Crippen LogP contribution in [-0.4, -0.2) is 28.5 Å². The molecular formula is C16H13N3O3S. The molecule has 0 fully saturated rings. The molecule has 3 aromatic rings. The van der Waals surface area contributed by atoms with Gasteiger partial charge >= 0.3 is 5.97 Å². The summed E-state index contributed by atoms with van der Waals surface area (Å²) in [5, 5.41) is 4.61. The van der Waals surface area contributed by atoms with Gasteiger partial charge in [-0.1, -0.05) is 18.2 Å². The van der Waals surface area contributed by atoms with Gasteiger partial charge in [0.15, 0.2) is 12.3 Å². The van der Waals surface area contributed by atoms with Gasteiger partial charge in [-0.2, -0.15) is 0 Å². The Hall–Kier alpha value is -2.80. The first-order valence-corrected chi connectivity index (χ1v) is 7.78. The maximum atomic E-state index is 11.9. The molecular weight excluding hydrogens is 314 g/mol. The van der Waals surface area contributed by atoms with E-state index in [1.807, 2.05) is 29.6 Å². The number of esters is 1. The van der Waals surface area contributed by atoms with E-state index in [2.05, 4.69) is 15.3 Å². The second kappa shape index (κ2) is 6.97. The van der Waals surface area contributed by atoms with Crippen molar-refractivity contribution in [3.05, 3.63) is 58.5 Å². The van der Waals surface area contributed by atoms with Crippen LogP contribution in [0.5, 0.6) is 0 Å². The topological polar surface area (TPSA) is 81.2 Å². The summed E-state index contributed by atoms with van der Waals surface area (Å²) in [7, 11) is 0. The highest BCUT2D eigenvalue weighted by Crippen LogP contribution is 2.09. The highest BCUT2D eigenvalue weighted by atomic mass is 32.1. The minimum Gasteiger partial charge on any atom is -0.451 e. The molecule has 0 spiro atoms. The Labute approximate surface area is 136 Å². The van der Waals surface area contributed by atoms with Gasteiger partial charge in [0.2, 0.25) is 0 Å². The van der Waals surface area contributed by atoms with Crippen LogP contribution in [0.15, 0.2) is 48.0 Å². The third-order valence-corrected chi connectivity index (χ3v) is 3.91. The standard InChI is InChI=1S/C16H13N3O3S/c20-15(18-8-11-4-3-7-23-11)10-22-16(21)14-9-17-12-5-1-2-6-13(12)19-14/h1-7,9H,8,10H2,(H,18,20). The summed E-state index contributed by atoms with van der Waals surface area (Å²) in [6.07, 6.45) is 1.34. The molecule has 0 saturated heterocycles. The predicted molar refractivity (Wildman–Crippen MR) is 86.0 cm³/mol. The molecule has 0 radical (unpaired) electrons. The minimum absolute atomic E-state index is 0.0785. The molecule has 3 rings (SSSR count). The summed E-state index contributed by atoms with van der Waals surface area (Å²) in [5.74, 6) is -1.03. The van der Waals surface area contributed by atoms with Gasteiger partial charge in [-0.15, -0.1) is 11.3 Å². The van der Waals surface area contributed by atoms with Crippen molar-refractivity contribution in [2.24, 2.45) is 0 Å². The Kier molecular flexibility index (Phi) is 4.58. The molecule has 23 heavy (non-hydrogen) atoms. The lowest BCUT2D eigenvalue weighted by atomic mass is 10.3. The Morgan fingerprint density at radius 3 is 2.74 bits per heavy atom. The fourth-order valence-corrected chi connectivity index (χ4v) is 2.56. The number of hydrogen-bond acceptors (Lipinski definition) is 6. The minimum atomic E-state index is -0.672. The summed E-state index contributed by atoms with van der Waals surface area (Å²) in [5.41, 5.74) is 1.37. The smallest absolute Gasteiger partial charge is 0.359 e. The molecule has 0 bridgehead atoms. The number of fused-ring (bicyclic) bond motifs is 1. The fraction of sp³-hybridized carbons (Fsp3) is 0.125. The number of benzene rings is 1. The molecule has 0 unspecified atom stereocenters. The average Bonchev–Trinajstić information content (AvgIpc) is 3.11. The second-order valence-corrected chi connectivity index (χ2v) is 5.71. The average molecular weight is 327 g/mol. The van der Waals surface area contributed by atoms with Gasteiger partial charge < -0.3 is 10.1 Å². The number of aromatic nitrogens is 2. The van der Waals surface area contributed by atoms with E-state index in [1.54, 1.807) is 23.5 Å². The maximum absolute atomic E-state index is 11.9. The highest BCUT2D eigenvalue weighted by Gasteiger charge is 2.13. The van der Waals surface area contributed by atoms with Crippen LogP contribution in [0.25, 0.3) is 11.0 Å². The van der Waals surface area contributed by atoms with E-state index in [-0.39, 0.29) is 18.2 Å². The van der Waals surface area contributed by atoms with Crippen molar-refractivity contribution in [3.63, 3.8) is 0 Å². The van der Waals surface area contributed by atoms with Crippen molar-refractivity contribution in [1.82, 2.24) is 15.3 Å². The quantitative estimate of drug-likeness (QED) is 0.726. The van der Waals surface area contributed by atoms with Gasteiger partial charge in [0.1, 0.15) is 0 Å². The molecule has 0 aliphatic heterocycles. The number of ether oxygens (including phenoxy) is 1. The number of amides is 1. The Bertz CT molecular complexity index is 833. The number of hydrogen-bond donors (Lipinski definition) is 1. The van der Waals surface area contributed by atoms with Crippen LogP contribution in [0.4, 0.5) is 0 Å². The molecule has 2 heterocycles. The van der Waals surface area contributed by atoms with Gasteiger partial charge in [-0.3, -0.25) is 9.78 Å². The maximum Gasteiger partial charge on any atom is 0.359 e. The normalized spacial score (nSPS) is 10.4. The van der Waals surface area contributed by atoms with Crippen molar-refractivity contribution in [1.29, 1.82) is 0 Å². The molecule has 0 atom stereocenters. The van der Waals surface area contributed by atoms with Gasteiger partial charge in [0.25, 0.3) is 5.91 Å². The molecule has 6 nitrogen and oxygen atoms in total. The highest BCUT2D eigenvalue weighted by molar-refractivity contribution is 7.09. The molecule has 116 valence electrons. The SMILES string of the molecule is O=C(COC(=O)c1cnc2ccccc2n1)NCc1cccs1. The summed E-state index contributed by atoms with van der Waals surface area (Å²) in [6.45, 7) is 0.0720. The molecule has 1 aromatic carbocycles. The third kappa shape index (κ3) is 3.89. The largest absolute Gasteiger partial charge is 0.451 e. The van der Waals surface area contributed by atoms with E-state index in [4.69, 9.17) is 4.74 Å². The first kappa shape index (κ1) is 15.1. The van der Waals surface area contributed by atoms with Crippen LogP contribution in [-0.2, 0) is 16.1 Å². The number of nitrogens with zero attached hydrogens (tertiary/aromatic N) is 2. The summed E-state index contributed by atoms with van der Waals surface area (Å²) in [4.78, 5) is 32.9. The summed E-state index contributed by atoms with van der Waals surface area (Å²) < 4.78 is 4.96. The number of thiophene rings is 1. The lowest BCUT2D eigenvalue weighted by molar-refractivity contribution is -0.124. The molecule has 1 N–H and O–H groups in total. The molecule has 0 aliphatic rings. The predicted octanol–water partition coefficient (Wildman–Crippen LogP) is 2.16. The van der Waals surface area contributed by atoms with Crippen molar-refractivity contribution < 1.29 is 14.3 Å².